The van der Waals surface area contributed by atoms with Crippen LogP contribution in [0.25, 0.3) is 0 Å². The molecule has 0 rings (SSSR count). The molecular weight excluding hydrogens is 270 g/mol. The van der Waals surface area contributed by atoms with Crippen LogP contribution in [0.15, 0.2) is 0 Å². The minimum Gasteiger partial charge on any atom is -0.164 e. The highest BCUT2D eigenvalue weighted by molar-refractivity contribution is 4.64. The highest BCUT2D eigenvalue weighted by Crippen LogP contribution is 2.41. The molecule has 0 saturated heterocycles. The van der Waals surface area contributed by atoms with Gasteiger partial charge in [-0.15, -0.1) is 9.78 Å². The predicted molar refractivity (Wildman–Crippen MR) is 24.2 cm³/mol. The van der Waals surface area contributed by atoms with Crippen LogP contribution in [0, 0.1) is 0 Å². The molecule has 0 amide bonds. The number of rotatable bonds is 3. The third kappa shape index (κ3) is 3.37. The van der Waals surface area contributed by atoms with E-state index < -0.39 is 24.6 Å². The molecule has 0 saturated carbocycles. The summed E-state index contributed by atoms with van der Waals surface area (Å²) in [6, 6.07) is 0. The molecule has 98 valence electrons. The molecule has 0 heterocycles. The van der Waals surface area contributed by atoms with Gasteiger partial charge in [0.2, 0.25) is 0 Å². The first-order valence-electron chi connectivity index (χ1n) is 2.96. The van der Waals surface area contributed by atoms with Gasteiger partial charge in [0.1, 0.15) is 0 Å². The minimum atomic E-state index is -6.49. The van der Waals surface area contributed by atoms with Crippen LogP contribution in [0.2, 0.25) is 0 Å². The van der Waals surface area contributed by atoms with Gasteiger partial charge in [0.05, 0.1) is 0 Å². The fourth-order valence-corrected chi connectivity index (χ4v) is 0.199. The first kappa shape index (κ1) is 15.2. The van der Waals surface area contributed by atoms with Gasteiger partial charge in [0.25, 0.3) is 0 Å². The minimum absolute atomic E-state index is 1.76. The molecule has 16 heavy (non-hydrogen) atoms. The summed E-state index contributed by atoms with van der Waals surface area (Å²) in [5.41, 5.74) is 0. The lowest BCUT2D eigenvalue weighted by Gasteiger charge is -2.22. The monoisotopic (exact) mass is 270 g/mol. The normalized spacial score (nSPS) is 15.4. The third-order valence-corrected chi connectivity index (χ3v) is 0.911. The fourth-order valence-electron chi connectivity index (χ4n) is 0.199. The van der Waals surface area contributed by atoms with Gasteiger partial charge >= 0.3 is 24.6 Å². The standard InChI is InChI=1S/C4F10O2/c5-1(6,7)3(11,12)15-16-4(13,14)2(8,9)10. The molecule has 0 aliphatic heterocycles. The smallest absolute Gasteiger partial charge is 0.164 e. The van der Waals surface area contributed by atoms with Crippen molar-refractivity contribution in [2.24, 2.45) is 0 Å². The molecule has 0 unspecified atom stereocenters. The average molecular weight is 270 g/mol. The Balaban J connectivity index is 4.59. The summed E-state index contributed by atoms with van der Waals surface area (Å²) in [5.74, 6) is 0. The van der Waals surface area contributed by atoms with E-state index in [1.54, 1.807) is 9.78 Å². The zero-order valence-corrected chi connectivity index (χ0v) is 6.60. The Kier molecular flexibility index (Phi) is 3.72. The number of hydrogen-bond acceptors (Lipinski definition) is 2. The van der Waals surface area contributed by atoms with E-state index in [4.69, 9.17) is 0 Å². The molecular formula is C4F10O2. The molecule has 0 aliphatic rings. The SMILES string of the molecule is FC(F)(F)C(F)(F)OOC(F)(F)C(F)(F)F. The van der Waals surface area contributed by atoms with Crippen LogP contribution in [0.1, 0.15) is 0 Å². The topological polar surface area (TPSA) is 18.5 Å². The second kappa shape index (κ2) is 3.91. The van der Waals surface area contributed by atoms with Crippen LogP contribution in [0.5, 0.6) is 0 Å². The summed E-state index contributed by atoms with van der Waals surface area (Å²) in [6.07, 6.45) is -25.6. The van der Waals surface area contributed by atoms with Gasteiger partial charge in [-0.25, -0.2) is 0 Å². The highest BCUT2D eigenvalue weighted by Gasteiger charge is 2.66. The number of hydrogen-bond donors (Lipinski definition) is 0. The van der Waals surface area contributed by atoms with Crippen LogP contribution < -0.4 is 0 Å². The van der Waals surface area contributed by atoms with Crippen molar-refractivity contribution >= 4 is 0 Å². The Hall–Kier alpha value is -0.780. The van der Waals surface area contributed by atoms with Crippen molar-refractivity contribution < 1.29 is 53.7 Å². The Bertz CT molecular complexity index is 212. The van der Waals surface area contributed by atoms with Gasteiger partial charge in [0, 0.05) is 0 Å². The molecule has 0 fully saturated rings. The first-order chi connectivity index (χ1) is 6.71. The van der Waals surface area contributed by atoms with Gasteiger partial charge < -0.3 is 0 Å². The van der Waals surface area contributed by atoms with Crippen LogP contribution in [-0.4, -0.2) is 24.6 Å². The summed E-state index contributed by atoms with van der Waals surface area (Å²) in [5, 5.41) is 0. The van der Waals surface area contributed by atoms with E-state index in [9.17, 15) is 43.9 Å². The van der Waals surface area contributed by atoms with Crippen LogP contribution in [0.4, 0.5) is 43.9 Å². The Morgan fingerprint density at radius 2 is 0.625 bits per heavy atom. The molecule has 0 aromatic heterocycles. The molecule has 12 heteroatoms. The molecule has 0 aliphatic carbocycles. The molecule has 0 spiro atoms. The van der Waals surface area contributed by atoms with Crippen molar-refractivity contribution in [3.8, 4) is 0 Å². The average Bonchev–Trinajstić information content (AvgIpc) is 1.97. The molecule has 0 atom stereocenters. The third-order valence-electron chi connectivity index (χ3n) is 0.911. The van der Waals surface area contributed by atoms with E-state index in [1.807, 2.05) is 0 Å². The van der Waals surface area contributed by atoms with Gasteiger partial charge in [0.15, 0.2) is 0 Å². The fraction of sp³-hybridized carbons (Fsp3) is 1.00. The lowest BCUT2D eigenvalue weighted by Crippen LogP contribution is -2.45. The van der Waals surface area contributed by atoms with Gasteiger partial charge in [-0.05, 0) is 0 Å². The summed E-state index contributed by atoms with van der Waals surface area (Å²) < 4.78 is 114. The Labute approximate surface area is 79.6 Å². The second-order valence-corrected chi connectivity index (χ2v) is 2.20. The van der Waals surface area contributed by atoms with Crippen LogP contribution >= 0.6 is 0 Å². The first-order valence-corrected chi connectivity index (χ1v) is 2.96. The zero-order chi connectivity index (χ0) is 13.4. The van der Waals surface area contributed by atoms with Crippen molar-refractivity contribution in [3.05, 3.63) is 0 Å². The van der Waals surface area contributed by atoms with Crippen molar-refractivity contribution in [2.45, 2.75) is 24.6 Å². The van der Waals surface area contributed by atoms with E-state index in [0.717, 1.165) is 0 Å². The summed E-state index contributed by atoms with van der Waals surface area (Å²) in [6.45, 7) is 0. The maximum atomic E-state index is 11.7. The molecule has 0 bridgehead atoms. The largest absolute Gasteiger partial charge is 0.485 e. The van der Waals surface area contributed by atoms with E-state index in [-0.39, 0.29) is 0 Å². The second-order valence-electron chi connectivity index (χ2n) is 2.20. The Morgan fingerprint density at radius 3 is 0.750 bits per heavy atom. The molecule has 0 aromatic rings. The van der Waals surface area contributed by atoms with Crippen molar-refractivity contribution in [1.29, 1.82) is 0 Å². The maximum Gasteiger partial charge on any atom is 0.485 e. The van der Waals surface area contributed by atoms with E-state index in [2.05, 4.69) is 0 Å². The predicted octanol–water partition coefficient (Wildman–Crippen LogP) is 3.24. The quantitative estimate of drug-likeness (QED) is 0.445. The summed E-state index contributed by atoms with van der Waals surface area (Å²) in [7, 11) is 0. The van der Waals surface area contributed by atoms with Crippen LogP contribution in [0.3, 0.4) is 0 Å². The van der Waals surface area contributed by atoms with E-state index >= 15 is 0 Å². The molecule has 0 radical (unpaired) electrons. The van der Waals surface area contributed by atoms with E-state index in [1.165, 1.54) is 0 Å². The molecule has 0 aromatic carbocycles. The van der Waals surface area contributed by atoms with Crippen molar-refractivity contribution in [3.63, 3.8) is 0 Å². The lowest BCUT2D eigenvalue weighted by atomic mass is 10.6. The number of alkyl halides is 10. The molecule has 0 N–H and O–H groups in total. The van der Waals surface area contributed by atoms with Gasteiger partial charge in [-0.3, -0.25) is 0 Å². The van der Waals surface area contributed by atoms with Crippen molar-refractivity contribution in [2.75, 3.05) is 0 Å². The summed E-state index contributed by atoms with van der Waals surface area (Å²) >= 11 is 0. The Morgan fingerprint density at radius 1 is 0.438 bits per heavy atom. The highest BCUT2D eigenvalue weighted by atomic mass is 19.4. The lowest BCUT2D eigenvalue weighted by molar-refractivity contribution is -0.585. The van der Waals surface area contributed by atoms with E-state index in [0.29, 0.717) is 0 Å². The van der Waals surface area contributed by atoms with Gasteiger partial charge in [-0.2, -0.15) is 43.9 Å². The maximum absolute atomic E-state index is 11.7. The molecule has 2 nitrogen and oxygen atoms in total. The zero-order valence-electron chi connectivity index (χ0n) is 6.60. The number of halogens is 10. The summed E-state index contributed by atoms with van der Waals surface area (Å²) in [4.78, 5) is 3.51. The van der Waals surface area contributed by atoms with Crippen molar-refractivity contribution in [1.82, 2.24) is 0 Å². The van der Waals surface area contributed by atoms with Gasteiger partial charge in [-0.1, -0.05) is 0 Å². The van der Waals surface area contributed by atoms with Crippen LogP contribution in [-0.2, 0) is 9.78 Å².